The van der Waals surface area contributed by atoms with E-state index in [0.29, 0.717) is 16.7 Å². The molecule has 48 heavy (non-hydrogen) atoms. The topological polar surface area (TPSA) is 149 Å². The number of rotatable bonds is 12. The second-order valence-corrected chi connectivity index (χ2v) is 13.1. The summed E-state index contributed by atoms with van der Waals surface area (Å²) in [6.07, 6.45) is -1.27. The number of aromatic nitrogens is 2. The number of ether oxygens (including phenoxy) is 4. The lowest BCUT2D eigenvalue weighted by atomic mass is 10.1. The van der Waals surface area contributed by atoms with Gasteiger partial charge in [-0.1, -0.05) is 53.1 Å². The zero-order valence-electron chi connectivity index (χ0n) is 27.0. The molecule has 0 aliphatic carbocycles. The Balaban J connectivity index is 1.34. The van der Waals surface area contributed by atoms with Crippen LogP contribution in [0.2, 0.25) is 0 Å². The largest absolute Gasteiger partial charge is 0.481 e. The molecule has 1 fully saturated rings. The van der Waals surface area contributed by atoms with Gasteiger partial charge in [0, 0.05) is 24.6 Å². The molecule has 13 heteroatoms. The van der Waals surface area contributed by atoms with Crippen LogP contribution >= 0.6 is 0 Å². The molecule has 0 bridgehead atoms. The number of methoxy groups -OCH3 is 1. The van der Waals surface area contributed by atoms with E-state index in [1.165, 1.54) is 30.0 Å². The summed E-state index contributed by atoms with van der Waals surface area (Å²) in [6.45, 7) is 5.12. The lowest BCUT2D eigenvalue weighted by Crippen LogP contribution is -2.32. The van der Waals surface area contributed by atoms with Crippen LogP contribution in [0.25, 0.3) is 0 Å². The number of esters is 2. The van der Waals surface area contributed by atoms with Crippen molar-refractivity contribution in [1.29, 1.82) is 0 Å². The molecule has 1 aliphatic rings. The lowest BCUT2D eigenvalue weighted by molar-refractivity contribution is -0.0583. The quantitative estimate of drug-likeness (QED) is 0.154. The maximum absolute atomic E-state index is 13.1. The Bertz CT molecular complexity index is 1920. The highest BCUT2D eigenvalue weighted by Gasteiger charge is 2.41. The second kappa shape index (κ2) is 14.9. The number of aryl methyl sites for hydroxylation is 3. The summed E-state index contributed by atoms with van der Waals surface area (Å²) in [5.74, 6) is -1.19. The van der Waals surface area contributed by atoms with Gasteiger partial charge in [0.1, 0.15) is 25.0 Å². The molecule has 3 atom stereocenters. The minimum atomic E-state index is -4.03. The molecule has 1 saturated heterocycles. The van der Waals surface area contributed by atoms with Gasteiger partial charge in [-0.3, -0.25) is 8.75 Å². The van der Waals surface area contributed by atoms with Gasteiger partial charge in [-0.05, 0) is 57.2 Å². The van der Waals surface area contributed by atoms with E-state index in [1.54, 1.807) is 60.7 Å². The minimum Gasteiger partial charge on any atom is -0.481 e. The van der Waals surface area contributed by atoms with Crippen LogP contribution in [-0.2, 0) is 34.9 Å². The predicted octanol–water partition coefficient (Wildman–Crippen LogP) is 4.50. The molecule has 4 aromatic rings. The van der Waals surface area contributed by atoms with Gasteiger partial charge in [0.25, 0.3) is 10.1 Å². The maximum atomic E-state index is 13.1. The van der Waals surface area contributed by atoms with Crippen LogP contribution in [0.3, 0.4) is 0 Å². The standard InChI is InChI=1S/C35H36N2O10S/c1-22-5-11-25(12-6-22)33(38)44-21-30-29(47-34(39)26-13-7-23(2)8-14-26)19-31(46-30)37-20-27(32(43-4)36-35(37)40)17-18-45-48(41,42)28-15-9-24(3)10-16-28/h5-16,20,29-31H,17-19,21H2,1-4H3/t29-,30+,31+/m0/s1. The average molecular weight is 677 g/mol. The highest BCUT2D eigenvalue weighted by atomic mass is 32.2. The summed E-state index contributed by atoms with van der Waals surface area (Å²) >= 11 is 0. The Kier molecular flexibility index (Phi) is 10.7. The number of carbonyl (C=O) groups is 2. The summed E-state index contributed by atoms with van der Waals surface area (Å²) < 4.78 is 54.6. The fourth-order valence-corrected chi connectivity index (χ4v) is 5.96. The SMILES string of the molecule is COc1nc(=O)n([C@H]2C[C@H](OC(=O)c3ccc(C)cc3)[C@@H](COC(=O)c3ccc(C)cc3)O2)cc1CCOS(=O)(=O)c1ccc(C)cc1. The van der Waals surface area contributed by atoms with Crippen molar-refractivity contribution >= 4 is 22.1 Å². The molecule has 1 aromatic heterocycles. The van der Waals surface area contributed by atoms with Crippen molar-refractivity contribution in [3.05, 3.63) is 123 Å². The fraction of sp³-hybridized carbons (Fsp3) is 0.314. The third-order valence-electron chi connectivity index (χ3n) is 7.80. The Hall–Kier alpha value is -4.85. The van der Waals surface area contributed by atoms with Crippen LogP contribution in [0.1, 0.15) is 55.6 Å². The van der Waals surface area contributed by atoms with E-state index < -0.39 is 46.2 Å². The van der Waals surface area contributed by atoms with Gasteiger partial charge >= 0.3 is 17.6 Å². The van der Waals surface area contributed by atoms with E-state index in [1.807, 2.05) is 20.8 Å². The molecule has 0 amide bonds. The number of carbonyl (C=O) groups excluding carboxylic acids is 2. The molecular formula is C35H36N2O10S. The minimum absolute atomic E-state index is 0.00323. The molecule has 0 saturated carbocycles. The van der Waals surface area contributed by atoms with E-state index >= 15 is 0 Å². The van der Waals surface area contributed by atoms with Gasteiger partial charge < -0.3 is 18.9 Å². The van der Waals surface area contributed by atoms with Crippen LogP contribution in [-0.4, -0.2) is 62.4 Å². The average Bonchev–Trinajstić information content (AvgIpc) is 3.46. The first kappa shape index (κ1) is 34.5. The van der Waals surface area contributed by atoms with E-state index in [2.05, 4.69) is 4.98 Å². The number of hydrogen-bond donors (Lipinski definition) is 0. The zero-order valence-corrected chi connectivity index (χ0v) is 27.8. The Morgan fingerprint density at radius 2 is 1.44 bits per heavy atom. The highest BCUT2D eigenvalue weighted by Crippen LogP contribution is 2.32. The zero-order chi connectivity index (χ0) is 34.4. The molecule has 0 unspecified atom stereocenters. The van der Waals surface area contributed by atoms with Crippen LogP contribution in [0.15, 0.2) is 88.7 Å². The smallest absolute Gasteiger partial charge is 0.352 e. The third-order valence-corrected chi connectivity index (χ3v) is 9.13. The van der Waals surface area contributed by atoms with Gasteiger partial charge in [0.15, 0.2) is 0 Å². The van der Waals surface area contributed by atoms with Crippen molar-refractivity contribution in [2.75, 3.05) is 20.3 Å². The molecule has 2 heterocycles. The monoisotopic (exact) mass is 676 g/mol. The summed E-state index contributed by atoms with van der Waals surface area (Å²) in [4.78, 5) is 43.0. The predicted molar refractivity (Wildman–Crippen MR) is 173 cm³/mol. The Morgan fingerprint density at radius 3 is 2.02 bits per heavy atom. The molecule has 5 rings (SSSR count). The Morgan fingerprint density at radius 1 is 0.875 bits per heavy atom. The molecule has 12 nitrogen and oxygen atoms in total. The van der Waals surface area contributed by atoms with Gasteiger partial charge in [-0.2, -0.15) is 13.4 Å². The maximum Gasteiger partial charge on any atom is 0.352 e. The van der Waals surface area contributed by atoms with Gasteiger partial charge in [0.2, 0.25) is 5.88 Å². The van der Waals surface area contributed by atoms with Gasteiger partial charge in [0.05, 0.1) is 29.7 Å². The first-order valence-corrected chi connectivity index (χ1v) is 16.6. The lowest BCUT2D eigenvalue weighted by Gasteiger charge is -2.19. The number of benzene rings is 3. The third kappa shape index (κ3) is 8.35. The van der Waals surface area contributed by atoms with Crippen LogP contribution in [0.5, 0.6) is 5.88 Å². The highest BCUT2D eigenvalue weighted by molar-refractivity contribution is 7.86. The molecule has 252 valence electrons. The van der Waals surface area contributed by atoms with Gasteiger partial charge in [-0.25, -0.2) is 14.4 Å². The van der Waals surface area contributed by atoms with E-state index in [4.69, 9.17) is 23.1 Å². The fourth-order valence-electron chi connectivity index (χ4n) is 5.05. The van der Waals surface area contributed by atoms with Crippen molar-refractivity contribution in [3.63, 3.8) is 0 Å². The molecule has 0 radical (unpaired) electrons. The molecule has 0 spiro atoms. The summed E-state index contributed by atoms with van der Waals surface area (Å²) in [7, 11) is -2.69. The molecule has 3 aromatic carbocycles. The van der Waals surface area contributed by atoms with Crippen molar-refractivity contribution in [2.45, 2.75) is 56.9 Å². The van der Waals surface area contributed by atoms with E-state index in [0.717, 1.165) is 16.7 Å². The summed E-state index contributed by atoms with van der Waals surface area (Å²) in [5, 5.41) is 0. The van der Waals surface area contributed by atoms with Crippen molar-refractivity contribution in [2.24, 2.45) is 0 Å². The summed E-state index contributed by atoms with van der Waals surface area (Å²) in [5.41, 5.74) is 3.18. The van der Waals surface area contributed by atoms with Crippen molar-refractivity contribution in [1.82, 2.24) is 9.55 Å². The molecule has 1 aliphatic heterocycles. The van der Waals surface area contributed by atoms with E-state index in [9.17, 15) is 22.8 Å². The molecular weight excluding hydrogens is 640 g/mol. The van der Waals surface area contributed by atoms with E-state index in [-0.39, 0.29) is 36.8 Å². The van der Waals surface area contributed by atoms with Crippen LogP contribution < -0.4 is 10.4 Å². The van der Waals surface area contributed by atoms with Gasteiger partial charge in [-0.15, -0.1) is 0 Å². The van der Waals surface area contributed by atoms with Crippen molar-refractivity contribution in [3.8, 4) is 5.88 Å². The second-order valence-electron chi connectivity index (χ2n) is 11.4. The van der Waals surface area contributed by atoms with Crippen molar-refractivity contribution < 1.29 is 41.1 Å². The Labute approximate surface area is 278 Å². The summed E-state index contributed by atoms with van der Waals surface area (Å²) in [6, 6.07) is 20.0. The number of hydrogen-bond acceptors (Lipinski definition) is 11. The van der Waals surface area contributed by atoms with Crippen LogP contribution in [0, 0.1) is 20.8 Å². The first-order chi connectivity index (χ1) is 22.9. The normalized spacial score (nSPS) is 17.5. The molecule has 0 N–H and O–H groups in total. The number of nitrogens with zero attached hydrogens (tertiary/aromatic N) is 2. The first-order valence-electron chi connectivity index (χ1n) is 15.2. The van der Waals surface area contributed by atoms with Crippen LogP contribution in [0.4, 0.5) is 0 Å².